The Balaban J connectivity index is 1.74. The number of aliphatic hydroxyl groups excluding tert-OH is 1. The molecule has 4 rings (SSSR count). The smallest absolute Gasteiger partial charge is 0.254 e. The average molecular weight is 330 g/mol. The maximum atomic E-state index is 13.6. The van der Waals surface area contributed by atoms with Crippen molar-refractivity contribution in [1.82, 2.24) is 9.78 Å². The number of fused-ring (bicyclic) bond motifs is 2. The highest BCUT2D eigenvalue weighted by atomic mass is 19.1. The van der Waals surface area contributed by atoms with E-state index in [2.05, 4.69) is 10.4 Å². The number of halogens is 1. The van der Waals surface area contributed by atoms with Gasteiger partial charge < -0.3 is 16.2 Å². The molecular formula is C17H19FN4O2. The number of nitrogen functional groups attached to an aromatic ring is 1. The van der Waals surface area contributed by atoms with Crippen LogP contribution in [0.4, 0.5) is 15.9 Å². The minimum absolute atomic E-state index is 0.187. The van der Waals surface area contributed by atoms with Crippen LogP contribution in [0.15, 0.2) is 18.2 Å². The van der Waals surface area contributed by atoms with Crippen molar-refractivity contribution in [2.45, 2.75) is 37.7 Å². The fourth-order valence-electron chi connectivity index (χ4n) is 3.70. The van der Waals surface area contributed by atoms with Gasteiger partial charge in [0.05, 0.1) is 17.7 Å². The van der Waals surface area contributed by atoms with Crippen molar-refractivity contribution >= 4 is 17.4 Å². The summed E-state index contributed by atoms with van der Waals surface area (Å²) < 4.78 is 15.0. The van der Waals surface area contributed by atoms with E-state index in [-0.39, 0.29) is 11.7 Å². The highest BCUT2D eigenvalue weighted by molar-refractivity contribution is 5.89. The lowest BCUT2D eigenvalue weighted by molar-refractivity contribution is 0.0848. The lowest BCUT2D eigenvalue weighted by atomic mass is 9.89. The molecule has 6 nitrogen and oxygen atoms in total. The Labute approximate surface area is 138 Å². The average Bonchev–Trinajstić information content (AvgIpc) is 2.90. The number of hydrogen-bond acceptors (Lipinski definition) is 5. The number of hydrogen-bond donors (Lipinski definition) is 3. The monoisotopic (exact) mass is 330 g/mol. The van der Waals surface area contributed by atoms with Crippen molar-refractivity contribution in [3.05, 3.63) is 40.8 Å². The molecule has 1 aliphatic heterocycles. The predicted molar refractivity (Wildman–Crippen MR) is 87.5 cm³/mol. The van der Waals surface area contributed by atoms with Gasteiger partial charge >= 0.3 is 0 Å². The molecule has 0 radical (unpaired) electrons. The van der Waals surface area contributed by atoms with Gasteiger partial charge in [-0.2, -0.15) is 0 Å². The van der Waals surface area contributed by atoms with Crippen LogP contribution in [-0.2, 0) is 12.8 Å². The number of benzene rings is 1. The third-order valence-electron chi connectivity index (χ3n) is 4.92. The highest BCUT2D eigenvalue weighted by Gasteiger charge is 2.33. The number of aliphatic hydroxyl groups is 1. The van der Waals surface area contributed by atoms with Crippen LogP contribution in [-0.4, -0.2) is 33.4 Å². The number of carbonyl (C=O) groups excluding carboxylic acids is 1. The van der Waals surface area contributed by atoms with Crippen molar-refractivity contribution in [3.63, 3.8) is 0 Å². The Morgan fingerprint density at radius 2 is 2.25 bits per heavy atom. The molecule has 1 aromatic heterocycles. The zero-order chi connectivity index (χ0) is 16.8. The van der Waals surface area contributed by atoms with Crippen molar-refractivity contribution in [2.24, 2.45) is 0 Å². The van der Waals surface area contributed by atoms with Gasteiger partial charge in [0.25, 0.3) is 5.91 Å². The molecule has 1 aromatic carbocycles. The molecule has 24 heavy (non-hydrogen) atoms. The summed E-state index contributed by atoms with van der Waals surface area (Å²) >= 11 is 0. The van der Waals surface area contributed by atoms with Crippen LogP contribution >= 0.6 is 0 Å². The number of nitrogens with two attached hydrogens (primary N) is 1. The van der Waals surface area contributed by atoms with E-state index in [1.807, 2.05) is 0 Å². The molecule has 0 saturated carbocycles. The fraction of sp³-hybridized carbons (Fsp3) is 0.412. The number of carbonyl (C=O) groups is 1. The van der Waals surface area contributed by atoms with Crippen molar-refractivity contribution in [2.75, 3.05) is 17.6 Å². The van der Waals surface area contributed by atoms with Crippen LogP contribution in [0.25, 0.3) is 0 Å². The van der Waals surface area contributed by atoms with Crippen LogP contribution in [0.5, 0.6) is 0 Å². The Bertz CT molecular complexity index is 817. The van der Waals surface area contributed by atoms with Crippen LogP contribution in [0.3, 0.4) is 0 Å². The summed E-state index contributed by atoms with van der Waals surface area (Å²) in [5.41, 5.74) is 8.92. The van der Waals surface area contributed by atoms with Crippen molar-refractivity contribution < 1.29 is 14.3 Å². The third-order valence-corrected chi connectivity index (χ3v) is 4.92. The second-order valence-corrected chi connectivity index (χ2v) is 6.46. The van der Waals surface area contributed by atoms with Gasteiger partial charge in [0, 0.05) is 24.2 Å². The van der Waals surface area contributed by atoms with Crippen molar-refractivity contribution in [1.29, 1.82) is 0 Å². The molecule has 0 fully saturated rings. The van der Waals surface area contributed by atoms with E-state index in [0.29, 0.717) is 43.6 Å². The van der Waals surface area contributed by atoms with Gasteiger partial charge in [-0.3, -0.25) is 4.79 Å². The first kappa shape index (κ1) is 15.1. The molecule has 2 heterocycles. The SMILES string of the molecule is Nc1nn(C(=O)[C@H]2CCNc3ccc(F)cc32)c2c1C[C@H](O)CC2. The minimum atomic E-state index is -0.452. The number of nitrogens with one attached hydrogen (secondary N) is 1. The van der Waals surface area contributed by atoms with Crippen LogP contribution in [0, 0.1) is 5.82 Å². The van der Waals surface area contributed by atoms with E-state index in [1.54, 1.807) is 6.07 Å². The predicted octanol–water partition coefficient (Wildman–Crippen LogP) is 1.69. The Morgan fingerprint density at radius 1 is 1.42 bits per heavy atom. The minimum Gasteiger partial charge on any atom is -0.393 e. The number of aromatic nitrogens is 2. The lowest BCUT2D eigenvalue weighted by Crippen LogP contribution is -2.30. The molecule has 0 unspecified atom stereocenters. The Morgan fingerprint density at radius 3 is 3.08 bits per heavy atom. The summed E-state index contributed by atoms with van der Waals surface area (Å²) in [6.45, 7) is 0.646. The normalized spacial score (nSPS) is 22.4. The number of rotatable bonds is 1. The number of nitrogens with zero attached hydrogens (tertiary/aromatic N) is 2. The van der Waals surface area contributed by atoms with E-state index in [4.69, 9.17) is 5.73 Å². The third kappa shape index (κ3) is 2.36. The van der Waals surface area contributed by atoms with Gasteiger partial charge in [-0.05, 0) is 43.0 Å². The molecule has 2 aromatic rings. The lowest BCUT2D eigenvalue weighted by Gasteiger charge is -2.26. The van der Waals surface area contributed by atoms with Gasteiger partial charge in [0.2, 0.25) is 0 Å². The largest absolute Gasteiger partial charge is 0.393 e. The first-order chi connectivity index (χ1) is 11.5. The molecular weight excluding hydrogens is 311 g/mol. The van der Waals surface area contributed by atoms with Gasteiger partial charge in [-0.25, -0.2) is 9.07 Å². The molecule has 4 N–H and O–H groups in total. The fourth-order valence-corrected chi connectivity index (χ4v) is 3.70. The Kier molecular flexibility index (Phi) is 3.53. The molecule has 2 atom stereocenters. The van der Waals surface area contributed by atoms with Gasteiger partial charge in [0.15, 0.2) is 0 Å². The van der Waals surface area contributed by atoms with Gasteiger partial charge in [0.1, 0.15) is 11.6 Å². The second-order valence-electron chi connectivity index (χ2n) is 6.46. The maximum Gasteiger partial charge on any atom is 0.254 e. The topological polar surface area (TPSA) is 93.2 Å². The van der Waals surface area contributed by atoms with Crippen LogP contribution in [0.2, 0.25) is 0 Å². The van der Waals surface area contributed by atoms with E-state index < -0.39 is 12.0 Å². The highest BCUT2D eigenvalue weighted by Crippen LogP contribution is 2.35. The molecule has 0 saturated heterocycles. The summed E-state index contributed by atoms with van der Waals surface area (Å²) in [7, 11) is 0. The van der Waals surface area contributed by atoms with Gasteiger partial charge in [-0.1, -0.05) is 0 Å². The summed E-state index contributed by atoms with van der Waals surface area (Å²) in [5.74, 6) is -0.703. The summed E-state index contributed by atoms with van der Waals surface area (Å²) in [6.07, 6.45) is 1.70. The first-order valence-electron chi connectivity index (χ1n) is 8.16. The van der Waals surface area contributed by atoms with Crippen LogP contribution < -0.4 is 11.1 Å². The standard InChI is InChI=1S/C17H19FN4O2/c18-9-1-3-14-12(7-9)11(5-6-20-14)17(24)22-15-4-2-10(23)8-13(15)16(19)21-22/h1,3,7,10-11,20,23H,2,4-6,8H2,(H2,19,21)/t10-,11+/m1/s1. The summed E-state index contributed by atoms with van der Waals surface area (Å²) in [5, 5.41) is 17.2. The maximum absolute atomic E-state index is 13.6. The van der Waals surface area contributed by atoms with E-state index >= 15 is 0 Å². The molecule has 126 valence electrons. The van der Waals surface area contributed by atoms with Crippen molar-refractivity contribution in [3.8, 4) is 0 Å². The quantitative estimate of drug-likeness (QED) is 0.740. The molecule has 0 amide bonds. The van der Waals surface area contributed by atoms with E-state index in [9.17, 15) is 14.3 Å². The van der Waals surface area contributed by atoms with E-state index in [0.717, 1.165) is 16.9 Å². The van der Waals surface area contributed by atoms with E-state index in [1.165, 1.54) is 16.8 Å². The summed E-state index contributed by atoms with van der Waals surface area (Å²) in [4.78, 5) is 13.1. The zero-order valence-corrected chi connectivity index (χ0v) is 13.1. The molecule has 0 spiro atoms. The molecule has 1 aliphatic carbocycles. The van der Waals surface area contributed by atoms with Gasteiger partial charge in [-0.15, -0.1) is 5.10 Å². The first-order valence-corrected chi connectivity index (χ1v) is 8.16. The zero-order valence-electron chi connectivity index (χ0n) is 13.1. The molecule has 7 heteroatoms. The Hall–Kier alpha value is -2.41. The summed E-state index contributed by atoms with van der Waals surface area (Å²) in [6, 6.07) is 4.45. The number of anilines is 2. The second kappa shape index (κ2) is 5.59. The van der Waals surface area contributed by atoms with Crippen LogP contribution in [0.1, 0.15) is 40.4 Å². The molecule has 0 bridgehead atoms. The molecule has 2 aliphatic rings.